The van der Waals surface area contributed by atoms with Gasteiger partial charge in [-0.25, -0.2) is 0 Å². The van der Waals surface area contributed by atoms with Gasteiger partial charge in [0, 0.05) is 24.5 Å². The third kappa shape index (κ3) is 4.14. The molecule has 0 aliphatic carbocycles. The van der Waals surface area contributed by atoms with Gasteiger partial charge < -0.3 is 10.6 Å². The number of rotatable bonds is 4. The molecule has 1 aromatic heterocycles. The van der Waals surface area contributed by atoms with Crippen LogP contribution in [0.25, 0.3) is 0 Å². The Hall–Kier alpha value is -0.290. The van der Waals surface area contributed by atoms with Crippen molar-refractivity contribution < 1.29 is 4.79 Å². The second-order valence-electron chi connectivity index (χ2n) is 3.90. The molecule has 0 saturated heterocycles. The molecule has 0 radical (unpaired) electrons. The third-order valence-corrected chi connectivity index (χ3v) is 4.15. The van der Waals surface area contributed by atoms with Crippen molar-refractivity contribution in [2.75, 3.05) is 13.6 Å². The topological polar surface area (TPSA) is 46.3 Å². The monoisotopic (exact) mass is 296 g/mol. The van der Waals surface area contributed by atoms with Gasteiger partial charge in [0.05, 0.1) is 10.3 Å². The Labute approximate surface area is 117 Å². The molecule has 17 heavy (non-hydrogen) atoms. The SMILES string of the molecule is CC(C(=O)N(C)C(C)CN)c1ccc(Cl)s1.Cl. The van der Waals surface area contributed by atoms with Gasteiger partial charge in [-0.3, -0.25) is 4.79 Å². The van der Waals surface area contributed by atoms with E-state index in [1.165, 1.54) is 11.3 Å². The van der Waals surface area contributed by atoms with Crippen LogP contribution in [-0.2, 0) is 4.79 Å². The van der Waals surface area contributed by atoms with Crippen LogP contribution >= 0.6 is 35.3 Å². The zero-order valence-electron chi connectivity index (χ0n) is 10.1. The Morgan fingerprint density at radius 1 is 1.53 bits per heavy atom. The summed E-state index contributed by atoms with van der Waals surface area (Å²) in [5.41, 5.74) is 5.54. The molecular weight excluding hydrogens is 279 g/mol. The predicted molar refractivity (Wildman–Crippen MR) is 76.3 cm³/mol. The molecule has 1 aromatic rings. The molecule has 2 unspecified atom stereocenters. The summed E-state index contributed by atoms with van der Waals surface area (Å²) in [6.45, 7) is 4.30. The van der Waals surface area contributed by atoms with E-state index in [0.717, 1.165) is 4.88 Å². The summed E-state index contributed by atoms with van der Waals surface area (Å²) in [6, 6.07) is 3.78. The first-order valence-corrected chi connectivity index (χ1v) is 6.38. The van der Waals surface area contributed by atoms with Crippen LogP contribution in [0.4, 0.5) is 0 Å². The lowest BCUT2D eigenvalue weighted by Crippen LogP contribution is -2.41. The van der Waals surface area contributed by atoms with E-state index < -0.39 is 0 Å². The van der Waals surface area contributed by atoms with E-state index in [0.29, 0.717) is 10.9 Å². The molecule has 0 bridgehead atoms. The quantitative estimate of drug-likeness (QED) is 0.929. The Morgan fingerprint density at radius 2 is 2.12 bits per heavy atom. The Balaban J connectivity index is 0.00000256. The second-order valence-corrected chi connectivity index (χ2v) is 5.64. The molecule has 2 atom stereocenters. The highest BCUT2D eigenvalue weighted by Gasteiger charge is 2.23. The molecule has 0 spiro atoms. The molecule has 0 saturated carbocycles. The van der Waals surface area contributed by atoms with Crippen LogP contribution < -0.4 is 5.73 Å². The van der Waals surface area contributed by atoms with E-state index in [1.54, 1.807) is 11.9 Å². The van der Waals surface area contributed by atoms with Crippen LogP contribution in [0.2, 0.25) is 4.34 Å². The number of halogens is 2. The first-order chi connectivity index (χ1) is 7.47. The maximum absolute atomic E-state index is 12.1. The molecule has 3 nitrogen and oxygen atoms in total. The highest BCUT2D eigenvalue weighted by Crippen LogP contribution is 2.29. The molecule has 2 N–H and O–H groups in total. The lowest BCUT2D eigenvalue weighted by molar-refractivity contribution is -0.132. The minimum atomic E-state index is -0.156. The molecule has 1 amide bonds. The van der Waals surface area contributed by atoms with Crippen LogP contribution in [0.15, 0.2) is 12.1 Å². The van der Waals surface area contributed by atoms with E-state index in [9.17, 15) is 4.79 Å². The lowest BCUT2D eigenvalue weighted by atomic mass is 10.1. The zero-order chi connectivity index (χ0) is 12.3. The first-order valence-electron chi connectivity index (χ1n) is 5.19. The van der Waals surface area contributed by atoms with Crippen LogP contribution in [0.3, 0.4) is 0 Å². The highest BCUT2D eigenvalue weighted by molar-refractivity contribution is 7.16. The van der Waals surface area contributed by atoms with E-state index in [1.807, 2.05) is 26.0 Å². The molecule has 0 aliphatic heterocycles. The molecule has 6 heteroatoms. The number of nitrogens with two attached hydrogens (primary N) is 1. The largest absolute Gasteiger partial charge is 0.341 e. The smallest absolute Gasteiger partial charge is 0.230 e. The molecule has 1 heterocycles. The standard InChI is InChI=1S/C11H17ClN2OS.ClH/c1-7(6-13)14(3)11(15)8(2)9-4-5-10(12)16-9;/h4-5,7-8H,6,13H2,1-3H3;1H. The van der Waals surface area contributed by atoms with Crippen molar-refractivity contribution in [3.8, 4) is 0 Å². The Bertz CT molecular complexity index is 370. The summed E-state index contributed by atoms with van der Waals surface area (Å²) in [5, 5.41) is 0. The summed E-state index contributed by atoms with van der Waals surface area (Å²) < 4.78 is 0.712. The summed E-state index contributed by atoms with van der Waals surface area (Å²) in [6.07, 6.45) is 0. The number of likely N-dealkylation sites (N-methyl/N-ethyl adjacent to an activating group) is 1. The first kappa shape index (κ1) is 16.7. The van der Waals surface area contributed by atoms with E-state index >= 15 is 0 Å². The normalized spacial score (nSPS) is 13.7. The van der Waals surface area contributed by atoms with Gasteiger partial charge in [-0.1, -0.05) is 11.6 Å². The van der Waals surface area contributed by atoms with Crippen molar-refractivity contribution >= 4 is 41.3 Å². The second kappa shape index (κ2) is 7.21. The van der Waals surface area contributed by atoms with Gasteiger partial charge >= 0.3 is 0 Å². The van der Waals surface area contributed by atoms with Gasteiger partial charge in [0.1, 0.15) is 0 Å². The summed E-state index contributed by atoms with van der Waals surface area (Å²) in [5.74, 6) is -0.0760. The molecule has 0 fully saturated rings. The van der Waals surface area contributed by atoms with Gasteiger partial charge in [-0.2, -0.15) is 0 Å². The van der Waals surface area contributed by atoms with E-state index in [-0.39, 0.29) is 30.3 Å². The summed E-state index contributed by atoms with van der Waals surface area (Å²) >= 11 is 7.30. The van der Waals surface area contributed by atoms with Crippen LogP contribution in [0.1, 0.15) is 24.6 Å². The average molecular weight is 297 g/mol. The van der Waals surface area contributed by atoms with Crippen molar-refractivity contribution in [2.45, 2.75) is 25.8 Å². The fourth-order valence-corrected chi connectivity index (χ4v) is 2.47. The van der Waals surface area contributed by atoms with Crippen molar-refractivity contribution in [2.24, 2.45) is 5.73 Å². The van der Waals surface area contributed by atoms with E-state index in [2.05, 4.69) is 0 Å². The molecule has 0 aromatic carbocycles. The van der Waals surface area contributed by atoms with Gasteiger partial charge in [-0.15, -0.1) is 23.7 Å². The maximum Gasteiger partial charge on any atom is 0.230 e. The molecule has 98 valence electrons. The summed E-state index contributed by atoms with van der Waals surface area (Å²) in [7, 11) is 1.78. The van der Waals surface area contributed by atoms with Crippen molar-refractivity contribution in [1.82, 2.24) is 4.90 Å². The third-order valence-electron chi connectivity index (χ3n) is 2.74. The minimum Gasteiger partial charge on any atom is -0.341 e. The van der Waals surface area contributed by atoms with Gasteiger partial charge in [-0.05, 0) is 26.0 Å². The maximum atomic E-state index is 12.1. The predicted octanol–water partition coefficient (Wildman–Crippen LogP) is 2.73. The van der Waals surface area contributed by atoms with Gasteiger partial charge in [0.2, 0.25) is 5.91 Å². The van der Waals surface area contributed by atoms with E-state index in [4.69, 9.17) is 17.3 Å². The molecular formula is C11H18Cl2N2OS. The van der Waals surface area contributed by atoms with Gasteiger partial charge in [0.25, 0.3) is 0 Å². The average Bonchev–Trinajstić information content (AvgIpc) is 2.71. The number of carbonyl (C=O) groups excluding carboxylic acids is 1. The van der Waals surface area contributed by atoms with Crippen molar-refractivity contribution in [3.05, 3.63) is 21.3 Å². The van der Waals surface area contributed by atoms with Crippen LogP contribution in [0, 0.1) is 0 Å². The highest BCUT2D eigenvalue weighted by atomic mass is 35.5. The number of amides is 1. The fraction of sp³-hybridized carbons (Fsp3) is 0.545. The Kier molecular flexibility index (Phi) is 7.09. The number of carbonyl (C=O) groups is 1. The van der Waals surface area contributed by atoms with Crippen LogP contribution in [-0.4, -0.2) is 30.4 Å². The van der Waals surface area contributed by atoms with Crippen LogP contribution in [0.5, 0.6) is 0 Å². The summed E-state index contributed by atoms with van der Waals surface area (Å²) in [4.78, 5) is 14.8. The fourth-order valence-electron chi connectivity index (χ4n) is 1.36. The van der Waals surface area contributed by atoms with Gasteiger partial charge in [0.15, 0.2) is 0 Å². The number of thiophene rings is 1. The number of nitrogens with zero attached hydrogens (tertiary/aromatic N) is 1. The van der Waals surface area contributed by atoms with Crippen molar-refractivity contribution in [1.29, 1.82) is 0 Å². The lowest BCUT2D eigenvalue weighted by Gasteiger charge is -2.26. The Morgan fingerprint density at radius 3 is 2.53 bits per heavy atom. The van der Waals surface area contributed by atoms with Crippen molar-refractivity contribution in [3.63, 3.8) is 0 Å². The zero-order valence-corrected chi connectivity index (χ0v) is 12.5. The molecule has 1 rings (SSSR count). The molecule has 0 aliphatic rings. The minimum absolute atomic E-state index is 0. The number of hydrogen-bond acceptors (Lipinski definition) is 3. The number of hydrogen-bond donors (Lipinski definition) is 1.